The molecule has 3 heteroatoms. The predicted octanol–water partition coefficient (Wildman–Crippen LogP) is 14.0. The fourth-order valence-corrected chi connectivity index (χ4v) is 7.63. The Kier molecular flexibility index (Phi) is 8.16. The van der Waals surface area contributed by atoms with Gasteiger partial charge in [-0.3, -0.25) is 9.97 Å². The number of fused-ring (bicyclic) bond motifs is 3. The van der Waals surface area contributed by atoms with Crippen molar-refractivity contribution in [2.75, 3.05) is 0 Å². The molecule has 0 atom stereocenters. The van der Waals surface area contributed by atoms with Crippen molar-refractivity contribution < 1.29 is 4.42 Å². The van der Waals surface area contributed by atoms with Crippen molar-refractivity contribution in [1.29, 1.82) is 0 Å². The van der Waals surface area contributed by atoms with Crippen LogP contribution in [0.25, 0.3) is 100 Å². The summed E-state index contributed by atoms with van der Waals surface area (Å²) in [5, 5.41) is 2.24. The van der Waals surface area contributed by atoms with Crippen LogP contribution in [0.15, 0.2) is 211 Å². The van der Waals surface area contributed by atoms with E-state index in [9.17, 15) is 0 Å². The third-order valence-corrected chi connectivity index (χ3v) is 10.4. The number of pyridine rings is 2. The summed E-state index contributed by atoms with van der Waals surface area (Å²) in [5.74, 6) is 0. The van der Waals surface area contributed by atoms with Crippen molar-refractivity contribution >= 4 is 21.9 Å². The van der Waals surface area contributed by atoms with Crippen LogP contribution >= 0.6 is 0 Å². The second-order valence-electron chi connectivity index (χ2n) is 13.8. The van der Waals surface area contributed by atoms with Crippen molar-refractivity contribution in [3.8, 4) is 78.1 Å². The van der Waals surface area contributed by atoms with Crippen molar-refractivity contribution in [2.45, 2.75) is 0 Å². The smallest absolute Gasteiger partial charge is 0.143 e. The van der Waals surface area contributed by atoms with Crippen LogP contribution < -0.4 is 0 Å². The van der Waals surface area contributed by atoms with E-state index in [-0.39, 0.29) is 0 Å². The molecule has 3 aromatic heterocycles. The van der Waals surface area contributed by atoms with E-state index in [0.717, 1.165) is 100 Å². The molecule has 7 aromatic carbocycles. The fraction of sp³-hybridized carbons (Fsp3) is 0. The quantitative estimate of drug-likeness (QED) is 0.166. The van der Waals surface area contributed by atoms with E-state index in [1.807, 2.05) is 48.8 Å². The minimum atomic E-state index is 0.891. The van der Waals surface area contributed by atoms with Crippen LogP contribution in [0.3, 0.4) is 0 Å². The minimum Gasteiger partial charge on any atom is -0.455 e. The van der Waals surface area contributed by atoms with Gasteiger partial charge in [0.1, 0.15) is 11.2 Å². The zero-order chi connectivity index (χ0) is 36.6. The Bertz CT molecular complexity index is 2840. The lowest BCUT2D eigenvalue weighted by Gasteiger charge is -2.14. The van der Waals surface area contributed by atoms with Gasteiger partial charge >= 0.3 is 0 Å². The standard InChI is InChI=1S/C52H34N2O/c1-2-25-51-47(20-1)48-22-11-21-46(52(48)55-51)45-33-43(39-16-7-12-35(28-39)37-14-9-18-41(30-37)49-23-3-5-26-53-49)32-44(34-45)40-17-8-13-36(29-40)38-15-10-19-42(31-38)50-24-4-6-27-54-50/h1-34H. The number of para-hydroxylation sites is 2. The highest BCUT2D eigenvalue weighted by atomic mass is 16.3. The molecule has 0 saturated carbocycles. The Balaban J connectivity index is 1.12. The summed E-state index contributed by atoms with van der Waals surface area (Å²) in [6.07, 6.45) is 3.68. The summed E-state index contributed by atoms with van der Waals surface area (Å²) < 4.78 is 6.57. The van der Waals surface area contributed by atoms with Crippen LogP contribution in [0.1, 0.15) is 0 Å². The molecule has 0 aliphatic carbocycles. The van der Waals surface area contributed by atoms with E-state index in [2.05, 4.69) is 168 Å². The molecule has 258 valence electrons. The molecule has 3 heterocycles. The van der Waals surface area contributed by atoms with Crippen molar-refractivity contribution in [2.24, 2.45) is 0 Å². The van der Waals surface area contributed by atoms with Crippen LogP contribution in [0.4, 0.5) is 0 Å². The lowest BCUT2D eigenvalue weighted by atomic mass is 9.90. The maximum atomic E-state index is 6.57. The first kappa shape index (κ1) is 32.3. The van der Waals surface area contributed by atoms with Gasteiger partial charge in [-0.1, -0.05) is 121 Å². The third kappa shape index (κ3) is 6.28. The highest BCUT2D eigenvalue weighted by molar-refractivity contribution is 6.10. The summed E-state index contributed by atoms with van der Waals surface area (Å²) in [5.41, 5.74) is 17.2. The highest BCUT2D eigenvalue weighted by Gasteiger charge is 2.15. The number of furan rings is 1. The Morgan fingerprint density at radius 3 is 1.22 bits per heavy atom. The molecule has 55 heavy (non-hydrogen) atoms. The van der Waals surface area contributed by atoms with Gasteiger partial charge in [0, 0.05) is 39.9 Å². The average molecular weight is 703 g/mol. The van der Waals surface area contributed by atoms with E-state index in [0.29, 0.717) is 0 Å². The third-order valence-electron chi connectivity index (χ3n) is 10.4. The van der Waals surface area contributed by atoms with Crippen molar-refractivity contribution in [3.63, 3.8) is 0 Å². The van der Waals surface area contributed by atoms with E-state index < -0.39 is 0 Å². The number of aromatic nitrogens is 2. The Hall–Kier alpha value is -7.36. The van der Waals surface area contributed by atoms with E-state index in [1.165, 1.54) is 0 Å². The summed E-state index contributed by atoms with van der Waals surface area (Å²) in [7, 11) is 0. The number of benzene rings is 7. The van der Waals surface area contributed by atoms with E-state index in [4.69, 9.17) is 4.42 Å². The van der Waals surface area contributed by atoms with Crippen LogP contribution in [-0.4, -0.2) is 9.97 Å². The molecule has 10 aromatic rings. The first-order chi connectivity index (χ1) is 27.2. The zero-order valence-electron chi connectivity index (χ0n) is 29.9. The monoisotopic (exact) mass is 702 g/mol. The first-order valence-corrected chi connectivity index (χ1v) is 18.5. The fourth-order valence-electron chi connectivity index (χ4n) is 7.63. The summed E-state index contributed by atoms with van der Waals surface area (Å²) in [4.78, 5) is 9.19. The molecule has 0 bridgehead atoms. The molecule has 0 N–H and O–H groups in total. The van der Waals surface area contributed by atoms with Crippen LogP contribution in [0.2, 0.25) is 0 Å². The molecule has 10 rings (SSSR count). The maximum Gasteiger partial charge on any atom is 0.143 e. The summed E-state index contributed by atoms with van der Waals surface area (Å²) >= 11 is 0. The molecule has 0 saturated heterocycles. The van der Waals surface area contributed by atoms with Gasteiger partial charge in [0.05, 0.1) is 11.4 Å². The van der Waals surface area contributed by atoms with Gasteiger partial charge in [0.15, 0.2) is 0 Å². The van der Waals surface area contributed by atoms with Crippen LogP contribution in [0, 0.1) is 0 Å². The van der Waals surface area contributed by atoms with Crippen molar-refractivity contribution in [1.82, 2.24) is 9.97 Å². The molecular formula is C52H34N2O. The SMILES string of the molecule is c1ccc(-c2cccc(-c3cccc(-c4cc(-c5cccc(-c6cccc(-c7ccccn7)c6)c5)cc(-c5cccc6c5oc5ccccc56)c4)c3)c2)nc1. The molecular weight excluding hydrogens is 669 g/mol. The Morgan fingerprint density at radius 2 is 0.691 bits per heavy atom. The van der Waals surface area contributed by atoms with E-state index >= 15 is 0 Å². The maximum absolute atomic E-state index is 6.57. The van der Waals surface area contributed by atoms with Crippen LogP contribution in [-0.2, 0) is 0 Å². The number of hydrogen-bond donors (Lipinski definition) is 0. The van der Waals surface area contributed by atoms with Gasteiger partial charge < -0.3 is 4.42 Å². The molecule has 0 fully saturated rings. The van der Waals surface area contributed by atoms with Gasteiger partial charge in [-0.05, 0) is 123 Å². The summed E-state index contributed by atoms with van der Waals surface area (Å²) in [6, 6.07) is 68.6. The number of nitrogens with zero attached hydrogens (tertiary/aromatic N) is 2. The second-order valence-corrected chi connectivity index (χ2v) is 13.8. The lowest BCUT2D eigenvalue weighted by Crippen LogP contribution is -1.89. The van der Waals surface area contributed by atoms with Gasteiger partial charge in [-0.2, -0.15) is 0 Å². The predicted molar refractivity (Wildman–Crippen MR) is 227 cm³/mol. The lowest BCUT2D eigenvalue weighted by molar-refractivity contribution is 0.670. The Labute approximate surface area is 319 Å². The molecule has 0 radical (unpaired) electrons. The molecule has 3 nitrogen and oxygen atoms in total. The average Bonchev–Trinajstić information content (AvgIpc) is 3.66. The molecule has 0 spiro atoms. The topological polar surface area (TPSA) is 38.9 Å². The van der Waals surface area contributed by atoms with Gasteiger partial charge in [0.25, 0.3) is 0 Å². The number of hydrogen-bond acceptors (Lipinski definition) is 3. The van der Waals surface area contributed by atoms with Crippen molar-refractivity contribution in [3.05, 3.63) is 207 Å². The zero-order valence-corrected chi connectivity index (χ0v) is 29.9. The highest BCUT2D eigenvalue weighted by Crippen LogP contribution is 2.40. The number of rotatable bonds is 7. The Morgan fingerprint density at radius 1 is 0.291 bits per heavy atom. The molecule has 0 amide bonds. The van der Waals surface area contributed by atoms with E-state index in [1.54, 1.807) is 0 Å². The van der Waals surface area contributed by atoms with Gasteiger partial charge in [-0.15, -0.1) is 0 Å². The molecule has 0 unspecified atom stereocenters. The molecule has 0 aliphatic rings. The minimum absolute atomic E-state index is 0.891. The largest absolute Gasteiger partial charge is 0.455 e. The van der Waals surface area contributed by atoms with Gasteiger partial charge in [-0.25, -0.2) is 0 Å². The summed E-state index contributed by atoms with van der Waals surface area (Å²) in [6.45, 7) is 0. The van der Waals surface area contributed by atoms with Crippen LogP contribution in [0.5, 0.6) is 0 Å². The van der Waals surface area contributed by atoms with Gasteiger partial charge in [0.2, 0.25) is 0 Å². The first-order valence-electron chi connectivity index (χ1n) is 18.5. The molecule has 0 aliphatic heterocycles. The normalized spacial score (nSPS) is 11.3. The second kappa shape index (κ2) is 13.9.